The lowest BCUT2D eigenvalue weighted by Crippen LogP contribution is -2.25. The molecular weight excluding hydrogens is 302 g/mol. The number of nitrogens with one attached hydrogen (secondary N) is 1. The normalized spacial score (nSPS) is 19.2. The van der Waals surface area contributed by atoms with Gasteiger partial charge in [-0.1, -0.05) is 42.8 Å². The van der Waals surface area contributed by atoms with Gasteiger partial charge in [-0.15, -0.1) is 11.3 Å². The van der Waals surface area contributed by atoms with Crippen LogP contribution in [0.1, 0.15) is 41.5 Å². The summed E-state index contributed by atoms with van der Waals surface area (Å²) < 4.78 is 6.04. The molecule has 0 amide bonds. The third-order valence-corrected chi connectivity index (χ3v) is 5.43. The van der Waals surface area contributed by atoms with Gasteiger partial charge in [0, 0.05) is 10.9 Å². The van der Waals surface area contributed by atoms with Crippen LogP contribution in [0.3, 0.4) is 0 Å². The molecule has 0 fully saturated rings. The highest BCUT2D eigenvalue weighted by molar-refractivity contribution is 7.10. The zero-order valence-corrected chi connectivity index (χ0v) is 13.7. The summed E-state index contributed by atoms with van der Waals surface area (Å²) in [5.41, 5.74) is 2.75. The average Bonchev–Trinajstić information content (AvgIpc) is 2.93. The Balaban J connectivity index is 1.83. The average molecular weight is 322 g/mol. The minimum Gasteiger partial charge on any atom is -0.373 e. The van der Waals surface area contributed by atoms with Crippen molar-refractivity contribution in [1.29, 1.82) is 0 Å². The van der Waals surface area contributed by atoms with E-state index >= 15 is 0 Å². The second-order valence-corrected chi connectivity index (χ2v) is 6.64. The fourth-order valence-corrected chi connectivity index (χ4v) is 4.25. The van der Waals surface area contributed by atoms with Crippen LogP contribution in [-0.4, -0.2) is 13.2 Å². The minimum atomic E-state index is 0.150. The Bertz CT molecular complexity index is 598. The van der Waals surface area contributed by atoms with E-state index in [2.05, 4.69) is 41.9 Å². The number of hydrogen-bond acceptors (Lipinski definition) is 3. The Morgan fingerprint density at radius 1 is 1.38 bits per heavy atom. The van der Waals surface area contributed by atoms with Crippen LogP contribution in [0.5, 0.6) is 0 Å². The van der Waals surface area contributed by atoms with E-state index in [1.54, 1.807) is 11.3 Å². The highest BCUT2D eigenvalue weighted by Crippen LogP contribution is 2.38. The maximum atomic E-state index is 6.32. The van der Waals surface area contributed by atoms with Crippen molar-refractivity contribution < 1.29 is 4.74 Å². The van der Waals surface area contributed by atoms with Gasteiger partial charge in [0.1, 0.15) is 0 Å². The summed E-state index contributed by atoms with van der Waals surface area (Å²) in [7, 11) is 0. The molecular formula is C17H20ClNOS. The van der Waals surface area contributed by atoms with Gasteiger partial charge in [-0.25, -0.2) is 0 Å². The molecule has 2 atom stereocenters. The Morgan fingerprint density at radius 3 is 3.00 bits per heavy atom. The molecule has 2 heterocycles. The van der Waals surface area contributed by atoms with E-state index in [-0.39, 0.29) is 12.1 Å². The minimum absolute atomic E-state index is 0.150. The van der Waals surface area contributed by atoms with Crippen LogP contribution in [0.15, 0.2) is 35.7 Å². The topological polar surface area (TPSA) is 21.3 Å². The van der Waals surface area contributed by atoms with Crippen molar-refractivity contribution >= 4 is 22.9 Å². The lowest BCUT2D eigenvalue weighted by Gasteiger charge is -2.29. The van der Waals surface area contributed by atoms with Crippen molar-refractivity contribution in [1.82, 2.24) is 5.32 Å². The van der Waals surface area contributed by atoms with E-state index in [9.17, 15) is 0 Å². The number of rotatable bonds is 5. The van der Waals surface area contributed by atoms with Gasteiger partial charge in [0.2, 0.25) is 0 Å². The van der Waals surface area contributed by atoms with Gasteiger partial charge in [0.15, 0.2) is 0 Å². The van der Waals surface area contributed by atoms with Gasteiger partial charge in [-0.3, -0.25) is 0 Å². The molecule has 21 heavy (non-hydrogen) atoms. The highest BCUT2D eigenvalue weighted by atomic mass is 35.5. The van der Waals surface area contributed by atoms with Crippen LogP contribution in [0.4, 0.5) is 0 Å². The number of halogens is 1. The second kappa shape index (κ2) is 6.93. The van der Waals surface area contributed by atoms with Crippen molar-refractivity contribution in [3.05, 3.63) is 56.7 Å². The Labute approximate surface area is 135 Å². The number of fused-ring (bicyclic) bond motifs is 1. The predicted octanol–water partition coefficient (Wildman–Crippen LogP) is 4.76. The summed E-state index contributed by atoms with van der Waals surface area (Å²) in [5.74, 6) is 0. The van der Waals surface area contributed by atoms with E-state index in [1.807, 2.05) is 6.07 Å². The van der Waals surface area contributed by atoms with Crippen molar-refractivity contribution in [2.75, 3.05) is 13.2 Å². The third-order valence-electron chi connectivity index (χ3n) is 3.95. The SMILES string of the molecule is CCNC(CC1OCCc2ccccc21)c1sccc1Cl. The highest BCUT2D eigenvalue weighted by Gasteiger charge is 2.26. The smallest absolute Gasteiger partial charge is 0.0846 e. The molecule has 0 aliphatic carbocycles. The second-order valence-electron chi connectivity index (χ2n) is 5.29. The molecule has 1 N–H and O–H groups in total. The summed E-state index contributed by atoms with van der Waals surface area (Å²) in [5, 5.41) is 6.46. The first-order chi connectivity index (χ1) is 10.3. The van der Waals surface area contributed by atoms with Gasteiger partial charge < -0.3 is 10.1 Å². The first-order valence-electron chi connectivity index (χ1n) is 7.45. The van der Waals surface area contributed by atoms with Crippen molar-refractivity contribution in [2.24, 2.45) is 0 Å². The molecule has 0 saturated carbocycles. The van der Waals surface area contributed by atoms with Gasteiger partial charge in [0.25, 0.3) is 0 Å². The Hall–Kier alpha value is -0.870. The number of ether oxygens (including phenoxy) is 1. The van der Waals surface area contributed by atoms with Crippen LogP contribution >= 0.6 is 22.9 Å². The molecule has 0 saturated heterocycles. The third kappa shape index (κ3) is 3.32. The lowest BCUT2D eigenvalue weighted by atomic mass is 9.93. The molecule has 3 rings (SSSR count). The monoisotopic (exact) mass is 321 g/mol. The van der Waals surface area contributed by atoms with Crippen LogP contribution < -0.4 is 5.32 Å². The lowest BCUT2D eigenvalue weighted by molar-refractivity contribution is 0.0297. The molecule has 1 aromatic heterocycles. The van der Waals surface area contributed by atoms with Crippen LogP contribution in [0.25, 0.3) is 0 Å². The molecule has 2 aromatic rings. The zero-order valence-electron chi connectivity index (χ0n) is 12.1. The van der Waals surface area contributed by atoms with E-state index in [0.29, 0.717) is 0 Å². The number of thiophene rings is 1. The molecule has 1 aliphatic heterocycles. The van der Waals surface area contributed by atoms with Crippen LogP contribution in [0, 0.1) is 0 Å². The van der Waals surface area contributed by atoms with Crippen molar-refractivity contribution in [3.63, 3.8) is 0 Å². The fraction of sp³-hybridized carbons (Fsp3) is 0.412. The van der Waals surface area contributed by atoms with E-state index in [0.717, 1.165) is 31.0 Å². The van der Waals surface area contributed by atoms with Gasteiger partial charge in [-0.05, 0) is 42.0 Å². The first kappa shape index (κ1) is 15.0. The maximum Gasteiger partial charge on any atom is 0.0846 e. The molecule has 2 nitrogen and oxygen atoms in total. The summed E-state index contributed by atoms with van der Waals surface area (Å²) in [6.07, 6.45) is 2.08. The van der Waals surface area contributed by atoms with Crippen molar-refractivity contribution in [2.45, 2.75) is 31.9 Å². The largest absolute Gasteiger partial charge is 0.373 e. The van der Waals surface area contributed by atoms with E-state index in [4.69, 9.17) is 16.3 Å². The quantitative estimate of drug-likeness (QED) is 0.857. The van der Waals surface area contributed by atoms with Crippen molar-refractivity contribution in [3.8, 4) is 0 Å². The van der Waals surface area contributed by atoms with Gasteiger partial charge in [0.05, 0.1) is 17.7 Å². The van der Waals surface area contributed by atoms with Gasteiger partial charge in [-0.2, -0.15) is 0 Å². The Kier molecular flexibility index (Phi) is 4.96. The summed E-state index contributed by atoms with van der Waals surface area (Å²) in [6.45, 7) is 3.86. The summed E-state index contributed by atoms with van der Waals surface area (Å²) in [4.78, 5) is 1.21. The van der Waals surface area contributed by atoms with E-state index < -0.39 is 0 Å². The summed E-state index contributed by atoms with van der Waals surface area (Å²) in [6, 6.07) is 10.8. The molecule has 112 valence electrons. The molecule has 2 unspecified atom stereocenters. The van der Waals surface area contributed by atoms with E-state index in [1.165, 1.54) is 16.0 Å². The fourth-order valence-electron chi connectivity index (χ4n) is 2.97. The first-order valence-corrected chi connectivity index (χ1v) is 8.71. The van der Waals surface area contributed by atoms with Gasteiger partial charge >= 0.3 is 0 Å². The standard InChI is InChI=1S/C17H20ClNOS/c1-2-19-15(17-14(18)8-10-21-17)11-16-13-6-4-3-5-12(13)7-9-20-16/h3-6,8,10,15-16,19H,2,7,9,11H2,1H3. The predicted molar refractivity (Wildman–Crippen MR) is 89.2 cm³/mol. The zero-order chi connectivity index (χ0) is 14.7. The number of hydrogen-bond donors (Lipinski definition) is 1. The van der Waals surface area contributed by atoms with Crippen LogP contribution in [-0.2, 0) is 11.2 Å². The molecule has 0 bridgehead atoms. The maximum absolute atomic E-state index is 6.32. The Morgan fingerprint density at radius 2 is 2.24 bits per heavy atom. The number of benzene rings is 1. The molecule has 0 radical (unpaired) electrons. The molecule has 1 aromatic carbocycles. The molecule has 4 heteroatoms. The summed E-state index contributed by atoms with van der Waals surface area (Å²) >= 11 is 8.04. The molecule has 0 spiro atoms. The van der Waals surface area contributed by atoms with Crippen LogP contribution in [0.2, 0.25) is 5.02 Å². The molecule has 1 aliphatic rings.